The van der Waals surface area contributed by atoms with Crippen LogP contribution in [-0.4, -0.2) is 84.6 Å². The molecule has 2 N–H and O–H groups in total. The number of ether oxygens (including phenoxy) is 1. The number of esters is 1. The number of amides is 4. The van der Waals surface area contributed by atoms with Gasteiger partial charge in [-0.2, -0.15) is 0 Å². The van der Waals surface area contributed by atoms with Gasteiger partial charge in [0.25, 0.3) is 0 Å². The number of benzene rings is 1. The highest BCUT2D eigenvalue weighted by molar-refractivity contribution is 6.31. The number of carbonyl (C=O) groups excluding carboxylic acids is 3. The molecule has 2 aliphatic rings. The first-order chi connectivity index (χ1) is 16.3. The van der Waals surface area contributed by atoms with E-state index in [4.69, 9.17) is 16.3 Å². The van der Waals surface area contributed by atoms with Gasteiger partial charge < -0.3 is 20.3 Å². The fourth-order valence-corrected chi connectivity index (χ4v) is 4.79. The van der Waals surface area contributed by atoms with Crippen LogP contribution in [0, 0.1) is 0 Å². The van der Waals surface area contributed by atoms with Gasteiger partial charge in [0.15, 0.2) is 0 Å². The molecule has 0 saturated carbocycles. The topological polar surface area (TPSA) is 94.2 Å². The molecule has 1 fully saturated rings. The Bertz CT molecular complexity index is 953. The molecular formula is C24H34ClN5O4. The molecule has 0 radical (unpaired) electrons. The van der Waals surface area contributed by atoms with Crippen molar-refractivity contribution in [1.29, 1.82) is 0 Å². The van der Waals surface area contributed by atoms with E-state index in [0.29, 0.717) is 61.1 Å². The standard InChI is InChI=1S/C24H34ClN5O4/c1-5-26-23(32)30-13-12-28(14-16(30)4)15-19-20(22(31)34-7-3)21(27-24(33)29(19)6-2)17-10-8-9-11-18(17)25/h8-11,16,21H,5-7,12-15H2,1-4H3,(H,26,32)(H,27,33)/t16-,21-/m1/s1. The molecule has 1 saturated heterocycles. The summed E-state index contributed by atoms with van der Waals surface area (Å²) in [7, 11) is 0. The van der Waals surface area contributed by atoms with Crippen LogP contribution in [0.2, 0.25) is 5.02 Å². The Kier molecular flexibility index (Phi) is 8.79. The van der Waals surface area contributed by atoms with Crippen molar-refractivity contribution in [3.63, 3.8) is 0 Å². The van der Waals surface area contributed by atoms with Gasteiger partial charge in [0.1, 0.15) is 0 Å². The lowest BCUT2D eigenvalue weighted by Gasteiger charge is -2.42. The number of nitrogens with zero attached hydrogens (tertiary/aromatic N) is 3. The maximum absolute atomic E-state index is 13.2. The van der Waals surface area contributed by atoms with Gasteiger partial charge in [-0.3, -0.25) is 9.80 Å². The Morgan fingerprint density at radius 3 is 2.56 bits per heavy atom. The number of carbonyl (C=O) groups is 3. The second kappa shape index (κ2) is 11.6. The van der Waals surface area contributed by atoms with Gasteiger partial charge in [-0.1, -0.05) is 29.8 Å². The quantitative estimate of drug-likeness (QED) is 0.572. The van der Waals surface area contributed by atoms with Gasteiger partial charge in [0.05, 0.1) is 18.2 Å². The molecule has 186 valence electrons. The van der Waals surface area contributed by atoms with Crippen molar-refractivity contribution in [2.45, 2.75) is 39.8 Å². The number of hydrogen-bond donors (Lipinski definition) is 2. The third-order valence-electron chi connectivity index (χ3n) is 6.14. The maximum atomic E-state index is 13.2. The molecule has 9 nitrogen and oxygen atoms in total. The van der Waals surface area contributed by atoms with Crippen LogP contribution in [-0.2, 0) is 9.53 Å². The summed E-state index contributed by atoms with van der Waals surface area (Å²) in [5, 5.41) is 6.25. The highest BCUT2D eigenvalue weighted by Crippen LogP contribution is 2.35. The second-order valence-electron chi connectivity index (χ2n) is 8.34. The SMILES string of the molecule is CCNC(=O)N1CCN(CC2=C(C(=O)OCC)[C@@H](c3ccccc3Cl)NC(=O)N2CC)C[C@H]1C. The van der Waals surface area contributed by atoms with Gasteiger partial charge in [-0.05, 0) is 39.3 Å². The summed E-state index contributed by atoms with van der Waals surface area (Å²) in [4.78, 5) is 44.2. The molecule has 0 aliphatic carbocycles. The van der Waals surface area contributed by atoms with E-state index in [-0.39, 0.29) is 24.7 Å². The molecule has 0 bridgehead atoms. The Labute approximate surface area is 206 Å². The number of halogens is 1. The Morgan fingerprint density at radius 2 is 1.94 bits per heavy atom. The number of piperazine rings is 1. The summed E-state index contributed by atoms with van der Waals surface area (Å²) < 4.78 is 5.42. The molecule has 0 aromatic heterocycles. The molecule has 34 heavy (non-hydrogen) atoms. The Morgan fingerprint density at radius 1 is 1.21 bits per heavy atom. The van der Waals surface area contributed by atoms with Crippen LogP contribution in [0.25, 0.3) is 0 Å². The molecule has 10 heteroatoms. The van der Waals surface area contributed by atoms with Crippen molar-refractivity contribution in [1.82, 2.24) is 25.3 Å². The summed E-state index contributed by atoms with van der Waals surface area (Å²) >= 11 is 6.46. The highest BCUT2D eigenvalue weighted by atomic mass is 35.5. The zero-order valence-electron chi connectivity index (χ0n) is 20.3. The smallest absolute Gasteiger partial charge is 0.338 e. The predicted molar refractivity (Wildman–Crippen MR) is 130 cm³/mol. The summed E-state index contributed by atoms with van der Waals surface area (Å²) in [5.74, 6) is -0.477. The van der Waals surface area contributed by atoms with Gasteiger partial charge in [-0.15, -0.1) is 0 Å². The first-order valence-corrected chi connectivity index (χ1v) is 12.2. The van der Waals surface area contributed by atoms with Gasteiger partial charge in [-0.25, -0.2) is 14.4 Å². The molecule has 1 aromatic rings. The minimum absolute atomic E-state index is 0.0150. The van der Waals surface area contributed by atoms with Crippen molar-refractivity contribution in [2.24, 2.45) is 0 Å². The van der Waals surface area contributed by atoms with Crippen molar-refractivity contribution in [3.8, 4) is 0 Å². The van der Waals surface area contributed by atoms with E-state index in [0.717, 1.165) is 0 Å². The number of rotatable bonds is 7. The average Bonchev–Trinajstić information content (AvgIpc) is 2.79. The molecule has 0 spiro atoms. The van der Waals surface area contributed by atoms with Crippen LogP contribution >= 0.6 is 11.6 Å². The Balaban J connectivity index is 1.98. The largest absolute Gasteiger partial charge is 0.463 e. The van der Waals surface area contributed by atoms with Gasteiger partial charge in [0.2, 0.25) is 0 Å². The van der Waals surface area contributed by atoms with E-state index >= 15 is 0 Å². The summed E-state index contributed by atoms with van der Waals surface area (Å²) in [5.41, 5.74) is 1.63. The van der Waals surface area contributed by atoms with Crippen molar-refractivity contribution < 1.29 is 19.1 Å². The molecule has 3 rings (SSSR count). The first kappa shape index (κ1) is 25.8. The van der Waals surface area contributed by atoms with Crippen molar-refractivity contribution >= 4 is 29.6 Å². The zero-order chi connectivity index (χ0) is 24.8. The lowest BCUT2D eigenvalue weighted by Crippen LogP contribution is -2.58. The van der Waals surface area contributed by atoms with E-state index in [2.05, 4.69) is 15.5 Å². The lowest BCUT2D eigenvalue weighted by atomic mass is 9.94. The van der Waals surface area contributed by atoms with Crippen LogP contribution in [0.4, 0.5) is 9.59 Å². The third kappa shape index (κ3) is 5.47. The van der Waals surface area contributed by atoms with Crippen LogP contribution in [0.1, 0.15) is 39.3 Å². The summed E-state index contributed by atoms with van der Waals surface area (Å²) in [6.45, 7) is 10.9. The van der Waals surface area contributed by atoms with E-state index in [1.54, 1.807) is 30.0 Å². The van der Waals surface area contributed by atoms with E-state index in [1.807, 2.05) is 31.7 Å². The van der Waals surface area contributed by atoms with E-state index < -0.39 is 12.0 Å². The molecule has 2 aliphatic heterocycles. The maximum Gasteiger partial charge on any atom is 0.338 e. The monoisotopic (exact) mass is 491 g/mol. The minimum Gasteiger partial charge on any atom is -0.463 e. The average molecular weight is 492 g/mol. The Hall–Kier alpha value is -2.78. The van der Waals surface area contributed by atoms with Gasteiger partial charge in [0, 0.05) is 56.0 Å². The summed E-state index contributed by atoms with van der Waals surface area (Å²) in [6, 6.07) is 6.07. The minimum atomic E-state index is -0.716. The highest BCUT2D eigenvalue weighted by Gasteiger charge is 2.39. The van der Waals surface area contributed by atoms with E-state index in [1.165, 1.54) is 0 Å². The number of nitrogens with one attached hydrogen (secondary N) is 2. The normalized spacial score (nSPS) is 21.4. The number of hydrogen-bond acceptors (Lipinski definition) is 5. The van der Waals surface area contributed by atoms with Crippen LogP contribution in [0.5, 0.6) is 0 Å². The molecule has 2 heterocycles. The zero-order valence-corrected chi connectivity index (χ0v) is 21.0. The van der Waals surface area contributed by atoms with Crippen LogP contribution in [0.15, 0.2) is 35.5 Å². The molecule has 1 aromatic carbocycles. The van der Waals surface area contributed by atoms with Crippen molar-refractivity contribution in [2.75, 3.05) is 45.9 Å². The second-order valence-corrected chi connectivity index (χ2v) is 8.75. The number of urea groups is 2. The fourth-order valence-electron chi connectivity index (χ4n) is 4.54. The van der Waals surface area contributed by atoms with Crippen molar-refractivity contribution in [3.05, 3.63) is 46.1 Å². The first-order valence-electron chi connectivity index (χ1n) is 11.8. The predicted octanol–water partition coefficient (Wildman–Crippen LogP) is 2.98. The van der Waals surface area contributed by atoms with Crippen LogP contribution in [0.3, 0.4) is 0 Å². The lowest BCUT2D eigenvalue weighted by molar-refractivity contribution is -0.139. The molecule has 2 atom stereocenters. The fraction of sp³-hybridized carbons (Fsp3) is 0.542. The molecule has 0 unspecified atom stereocenters. The molecular weight excluding hydrogens is 458 g/mol. The third-order valence-corrected chi connectivity index (χ3v) is 6.48. The van der Waals surface area contributed by atoms with Crippen LogP contribution < -0.4 is 10.6 Å². The number of likely N-dealkylation sites (N-methyl/N-ethyl adjacent to an activating group) is 1. The summed E-state index contributed by atoms with van der Waals surface area (Å²) in [6.07, 6.45) is 0. The van der Waals surface area contributed by atoms with Gasteiger partial charge >= 0.3 is 18.0 Å². The van der Waals surface area contributed by atoms with E-state index in [9.17, 15) is 14.4 Å². The molecule has 4 amide bonds.